The van der Waals surface area contributed by atoms with E-state index in [9.17, 15) is 0 Å². The molecule has 1 heterocycles. The van der Waals surface area contributed by atoms with Crippen LogP contribution in [-0.4, -0.2) is 41.4 Å². The molecule has 0 saturated carbocycles. The molecule has 102 valence electrons. The molecule has 4 unspecified atom stereocenters. The molecule has 17 heavy (non-hydrogen) atoms. The minimum atomic E-state index is -2.04. The Bertz CT molecular complexity index is 265. The molecule has 0 aliphatic carbocycles. The Hall–Kier alpha value is 0.708. The van der Waals surface area contributed by atoms with E-state index in [1.54, 1.807) is 0 Å². The highest BCUT2D eigenvalue weighted by atomic mass is 28.5. The van der Waals surface area contributed by atoms with Gasteiger partial charge in [-0.05, 0) is 46.1 Å². The summed E-state index contributed by atoms with van der Waals surface area (Å²) in [6, 6.07) is 0. The highest BCUT2D eigenvalue weighted by Gasteiger charge is 2.41. The molecule has 1 saturated heterocycles. The van der Waals surface area contributed by atoms with Crippen LogP contribution >= 0.6 is 0 Å². The van der Waals surface area contributed by atoms with E-state index >= 15 is 0 Å². The highest BCUT2D eigenvalue weighted by molar-refractivity contribution is 6.78. The number of hydrogen-bond donors (Lipinski definition) is 0. The maximum absolute atomic E-state index is 6.23. The lowest BCUT2D eigenvalue weighted by molar-refractivity contribution is 0.126. The third-order valence-electron chi connectivity index (χ3n) is 3.29. The van der Waals surface area contributed by atoms with Crippen molar-refractivity contribution in [2.45, 2.75) is 58.2 Å². The Morgan fingerprint density at radius 2 is 1.59 bits per heavy atom. The topological polar surface area (TPSA) is 36.9 Å². The van der Waals surface area contributed by atoms with Gasteiger partial charge in [0.05, 0.1) is 5.22 Å². The fourth-order valence-electron chi connectivity index (χ4n) is 2.16. The Kier molecular flexibility index (Phi) is 5.36. The van der Waals surface area contributed by atoms with Gasteiger partial charge in [-0.15, -0.1) is 0 Å². The second-order valence-corrected chi connectivity index (χ2v) is 16.1. The predicted molar refractivity (Wildman–Crippen MR) is 79.6 cm³/mol. The molecule has 4 atom stereocenters. The van der Waals surface area contributed by atoms with E-state index < -0.39 is 36.2 Å². The smallest absolute Gasteiger partial charge is 0.313 e. The zero-order valence-corrected chi connectivity index (χ0v) is 16.5. The first-order valence-corrected chi connectivity index (χ1v) is 15.6. The average molecular weight is 311 g/mol. The van der Waals surface area contributed by atoms with Crippen LogP contribution in [-0.2, 0) is 16.8 Å². The van der Waals surface area contributed by atoms with Crippen molar-refractivity contribution in [3.63, 3.8) is 0 Å². The summed E-state index contributed by atoms with van der Waals surface area (Å²) in [6.45, 7) is 15.0. The first-order chi connectivity index (χ1) is 7.68. The van der Waals surface area contributed by atoms with Crippen LogP contribution in [0.15, 0.2) is 0 Å². The van der Waals surface area contributed by atoms with Crippen molar-refractivity contribution in [1.29, 1.82) is 0 Å². The van der Waals surface area contributed by atoms with Crippen molar-refractivity contribution in [3.05, 3.63) is 0 Å². The van der Waals surface area contributed by atoms with E-state index in [-0.39, 0.29) is 5.22 Å². The monoisotopic (exact) mass is 310 g/mol. The van der Waals surface area contributed by atoms with Crippen LogP contribution in [0.4, 0.5) is 0 Å². The molecular formula is C9H26O4Si4. The van der Waals surface area contributed by atoms with Crippen molar-refractivity contribution >= 4 is 36.2 Å². The average Bonchev–Trinajstić information content (AvgIpc) is 2.15. The number of rotatable bonds is 1. The van der Waals surface area contributed by atoms with Gasteiger partial charge in [0, 0.05) is 0 Å². The molecule has 0 radical (unpaired) electrons. The predicted octanol–water partition coefficient (Wildman–Crippen LogP) is 1.53. The van der Waals surface area contributed by atoms with Crippen LogP contribution in [0, 0.1) is 0 Å². The van der Waals surface area contributed by atoms with E-state index in [4.69, 9.17) is 16.8 Å². The van der Waals surface area contributed by atoms with Crippen molar-refractivity contribution in [3.8, 4) is 0 Å². The van der Waals surface area contributed by atoms with Crippen LogP contribution in [0.2, 0.25) is 32.7 Å². The molecule has 8 heteroatoms. The van der Waals surface area contributed by atoms with E-state index in [1.165, 1.54) is 0 Å². The van der Waals surface area contributed by atoms with E-state index in [0.29, 0.717) is 0 Å². The van der Waals surface area contributed by atoms with Crippen LogP contribution in [0.5, 0.6) is 0 Å². The Labute approximate surface area is 111 Å². The fourth-order valence-corrected chi connectivity index (χ4v) is 16.5. The third kappa shape index (κ3) is 4.39. The molecule has 1 fully saturated rings. The summed E-state index contributed by atoms with van der Waals surface area (Å²) in [5, 5.41) is -0.106. The van der Waals surface area contributed by atoms with Gasteiger partial charge < -0.3 is 16.8 Å². The highest BCUT2D eigenvalue weighted by Crippen LogP contribution is 2.25. The van der Waals surface area contributed by atoms with Crippen molar-refractivity contribution in [2.24, 2.45) is 0 Å². The third-order valence-corrected chi connectivity index (χ3v) is 17.1. The fraction of sp³-hybridized carbons (Fsp3) is 1.00. The molecule has 1 rings (SSSR count). The summed E-state index contributed by atoms with van der Waals surface area (Å²) in [5.41, 5.74) is 0. The van der Waals surface area contributed by atoms with Crippen molar-refractivity contribution < 1.29 is 16.8 Å². The summed E-state index contributed by atoms with van der Waals surface area (Å²) in [4.78, 5) is 0. The summed E-state index contributed by atoms with van der Waals surface area (Å²) < 4.78 is 24.5. The zero-order valence-electron chi connectivity index (χ0n) is 12.1. The van der Waals surface area contributed by atoms with Gasteiger partial charge in [-0.1, -0.05) is 6.92 Å². The summed E-state index contributed by atoms with van der Waals surface area (Å²) in [6.07, 6.45) is 0.990. The summed E-state index contributed by atoms with van der Waals surface area (Å²) in [7, 11) is -6.61. The molecule has 0 amide bonds. The maximum atomic E-state index is 6.23. The lowest BCUT2D eigenvalue weighted by Crippen LogP contribution is -2.49. The van der Waals surface area contributed by atoms with Crippen molar-refractivity contribution in [1.82, 2.24) is 0 Å². The molecule has 0 spiro atoms. The van der Waals surface area contributed by atoms with E-state index in [0.717, 1.165) is 6.42 Å². The Balaban J connectivity index is 2.90. The standard InChI is InChI=1S/C9H26O4Si4/c1-8-9(2)10-15(4)12-17(6,7)13-16(5)11-14(9)3/h14-16H,8H2,1-7H3. The van der Waals surface area contributed by atoms with Gasteiger partial charge in [-0.3, -0.25) is 0 Å². The lowest BCUT2D eigenvalue weighted by atomic mass is 10.3. The first-order valence-electron chi connectivity index (χ1n) is 6.37. The first kappa shape index (κ1) is 15.8. The molecule has 4 nitrogen and oxygen atoms in total. The second kappa shape index (κ2) is 5.78. The van der Waals surface area contributed by atoms with Gasteiger partial charge in [-0.2, -0.15) is 0 Å². The Morgan fingerprint density at radius 1 is 1.06 bits per heavy atom. The zero-order chi connectivity index (χ0) is 13.3. The van der Waals surface area contributed by atoms with Crippen LogP contribution < -0.4 is 0 Å². The van der Waals surface area contributed by atoms with Gasteiger partial charge in [0.2, 0.25) is 0 Å². The normalized spacial score (nSPS) is 43.6. The molecule has 0 aromatic carbocycles. The molecule has 0 bridgehead atoms. The van der Waals surface area contributed by atoms with Gasteiger partial charge in [0.25, 0.3) is 9.28 Å². The molecule has 0 N–H and O–H groups in total. The second-order valence-electron chi connectivity index (χ2n) is 5.33. The Morgan fingerprint density at radius 3 is 2.12 bits per heavy atom. The van der Waals surface area contributed by atoms with Crippen LogP contribution in [0.1, 0.15) is 20.3 Å². The van der Waals surface area contributed by atoms with Crippen LogP contribution in [0.25, 0.3) is 0 Å². The molecule has 1 aliphatic rings. The quantitative estimate of drug-likeness (QED) is 0.688. The van der Waals surface area contributed by atoms with E-state index in [1.807, 2.05) is 0 Å². The minimum Gasteiger partial charge on any atom is -0.439 e. The van der Waals surface area contributed by atoms with Crippen molar-refractivity contribution in [2.75, 3.05) is 0 Å². The van der Waals surface area contributed by atoms with E-state index in [2.05, 4.69) is 46.6 Å². The molecule has 1 aliphatic heterocycles. The van der Waals surface area contributed by atoms with Gasteiger partial charge in [0.15, 0.2) is 9.04 Å². The maximum Gasteiger partial charge on any atom is 0.313 e. The molecular weight excluding hydrogens is 284 g/mol. The summed E-state index contributed by atoms with van der Waals surface area (Å²) in [5.74, 6) is 0. The van der Waals surface area contributed by atoms with Gasteiger partial charge in [0.1, 0.15) is 0 Å². The molecule has 0 aromatic rings. The SMILES string of the molecule is CCC1(C)O[SiH](C)O[Si](C)(C)O[SiH](C)O[SiH]1C. The largest absolute Gasteiger partial charge is 0.439 e. The lowest BCUT2D eigenvalue weighted by Gasteiger charge is -2.35. The number of hydrogen-bond acceptors (Lipinski definition) is 4. The molecule has 0 aromatic heterocycles. The van der Waals surface area contributed by atoms with Gasteiger partial charge in [-0.25, -0.2) is 0 Å². The minimum absolute atomic E-state index is 0.106. The summed E-state index contributed by atoms with van der Waals surface area (Å²) >= 11 is 0. The van der Waals surface area contributed by atoms with Crippen LogP contribution in [0.3, 0.4) is 0 Å². The van der Waals surface area contributed by atoms with Gasteiger partial charge >= 0.3 is 17.8 Å².